The first-order valence-corrected chi connectivity index (χ1v) is 6.99. The van der Waals surface area contributed by atoms with Gasteiger partial charge in [-0.25, -0.2) is 13.8 Å². The van der Waals surface area contributed by atoms with Gasteiger partial charge in [0.1, 0.15) is 11.3 Å². The predicted octanol–water partition coefficient (Wildman–Crippen LogP) is 4.41. The van der Waals surface area contributed by atoms with Crippen molar-refractivity contribution in [3.05, 3.63) is 29.6 Å². The Morgan fingerprint density at radius 1 is 1.42 bits per heavy atom. The number of aryl methyl sites for hydroxylation is 1. The lowest BCUT2D eigenvalue weighted by molar-refractivity contribution is 0.506. The van der Waals surface area contributed by atoms with Crippen molar-refractivity contribution in [2.24, 2.45) is 5.92 Å². The van der Waals surface area contributed by atoms with E-state index in [1.807, 2.05) is 0 Å². The van der Waals surface area contributed by atoms with Crippen molar-refractivity contribution in [1.29, 1.82) is 0 Å². The van der Waals surface area contributed by atoms with Crippen LogP contribution in [0.25, 0.3) is 11.0 Å². The Balaban J connectivity index is 2.11. The standard InChI is InChI=1S/C14H15ClF2N2/c1-8(15)14-18-11-5-4-10(16)12(17)13(11)19(14)7-6-9-2-3-9/h4-5,8-9H,2-3,6-7H2,1H3. The van der Waals surface area contributed by atoms with Gasteiger partial charge in [0.2, 0.25) is 0 Å². The second-order valence-electron chi connectivity index (χ2n) is 5.20. The molecule has 0 saturated heterocycles. The molecule has 5 heteroatoms. The fourth-order valence-corrected chi connectivity index (χ4v) is 2.59. The Kier molecular flexibility index (Phi) is 3.21. The van der Waals surface area contributed by atoms with Crippen molar-refractivity contribution in [2.45, 2.75) is 38.1 Å². The molecule has 102 valence electrons. The van der Waals surface area contributed by atoms with Crippen LogP contribution in [0, 0.1) is 17.6 Å². The number of halogens is 3. The highest BCUT2D eigenvalue weighted by Crippen LogP contribution is 2.34. The highest BCUT2D eigenvalue weighted by atomic mass is 35.5. The third-order valence-corrected chi connectivity index (χ3v) is 3.84. The number of imidazole rings is 1. The van der Waals surface area contributed by atoms with E-state index in [1.165, 1.54) is 18.9 Å². The minimum Gasteiger partial charge on any atom is -0.324 e. The van der Waals surface area contributed by atoms with Gasteiger partial charge in [0.05, 0.1) is 10.9 Å². The van der Waals surface area contributed by atoms with E-state index in [2.05, 4.69) is 4.98 Å². The quantitative estimate of drug-likeness (QED) is 0.760. The lowest BCUT2D eigenvalue weighted by Gasteiger charge is -2.10. The summed E-state index contributed by atoms with van der Waals surface area (Å²) in [6, 6.07) is 2.61. The molecule has 0 aliphatic heterocycles. The van der Waals surface area contributed by atoms with Crippen LogP contribution in [0.2, 0.25) is 0 Å². The summed E-state index contributed by atoms with van der Waals surface area (Å²) in [5.41, 5.74) is 0.709. The first-order chi connectivity index (χ1) is 9.08. The molecule has 1 aromatic heterocycles. The molecule has 2 aromatic rings. The van der Waals surface area contributed by atoms with Crippen LogP contribution in [0.5, 0.6) is 0 Å². The van der Waals surface area contributed by atoms with Gasteiger partial charge >= 0.3 is 0 Å². The Morgan fingerprint density at radius 2 is 2.16 bits per heavy atom. The van der Waals surface area contributed by atoms with E-state index in [0.29, 0.717) is 23.8 Å². The lowest BCUT2D eigenvalue weighted by Crippen LogP contribution is -2.06. The summed E-state index contributed by atoms with van der Waals surface area (Å²) in [7, 11) is 0. The third kappa shape index (κ3) is 2.34. The van der Waals surface area contributed by atoms with Gasteiger partial charge in [-0.3, -0.25) is 0 Å². The summed E-state index contributed by atoms with van der Waals surface area (Å²) < 4.78 is 29.1. The van der Waals surface area contributed by atoms with E-state index in [-0.39, 0.29) is 10.9 Å². The molecule has 0 spiro atoms. The van der Waals surface area contributed by atoms with Gasteiger partial charge in [0.25, 0.3) is 0 Å². The van der Waals surface area contributed by atoms with E-state index >= 15 is 0 Å². The van der Waals surface area contributed by atoms with E-state index in [4.69, 9.17) is 11.6 Å². The van der Waals surface area contributed by atoms with E-state index in [0.717, 1.165) is 12.5 Å². The highest BCUT2D eigenvalue weighted by molar-refractivity contribution is 6.20. The summed E-state index contributed by atoms with van der Waals surface area (Å²) in [5, 5.41) is -0.325. The van der Waals surface area contributed by atoms with Crippen molar-refractivity contribution in [3.63, 3.8) is 0 Å². The second kappa shape index (κ2) is 4.75. The normalized spacial score (nSPS) is 17.1. The highest BCUT2D eigenvalue weighted by Gasteiger charge is 2.24. The fraction of sp³-hybridized carbons (Fsp3) is 0.500. The van der Waals surface area contributed by atoms with Gasteiger partial charge in [0, 0.05) is 6.54 Å². The van der Waals surface area contributed by atoms with Crippen LogP contribution < -0.4 is 0 Å². The summed E-state index contributed by atoms with van der Waals surface area (Å²) in [4.78, 5) is 4.34. The van der Waals surface area contributed by atoms with E-state index < -0.39 is 11.6 Å². The molecule has 1 unspecified atom stereocenters. The molecule has 1 aromatic carbocycles. The molecule has 0 amide bonds. The zero-order valence-electron chi connectivity index (χ0n) is 10.7. The summed E-state index contributed by atoms with van der Waals surface area (Å²) in [6.07, 6.45) is 3.43. The van der Waals surface area contributed by atoms with Gasteiger partial charge in [-0.2, -0.15) is 0 Å². The zero-order chi connectivity index (χ0) is 13.6. The Morgan fingerprint density at radius 3 is 2.79 bits per heavy atom. The van der Waals surface area contributed by atoms with Gasteiger partial charge < -0.3 is 4.57 Å². The number of nitrogens with zero attached hydrogens (tertiary/aromatic N) is 2. The van der Waals surface area contributed by atoms with Crippen LogP contribution in [0.15, 0.2) is 12.1 Å². The van der Waals surface area contributed by atoms with Gasteiger partial charge in [-0.05, 0) is 31.4 Å². The molecule has 1 atom stereocenters. The van der Waals surface area contributed by atoms with Crippen molar-refractivity contribution >= 4 is 22.6 Å². The van der Waals surface area contributed by atoms with E-state index in [1.54, 1.807) is 11.5 Å². The topological polar surface area (TPSA) is 17.8 Å². The van der Waals surface area contributed by atoms with Crippen molar-refractivity contribution in [1.82, 2.24) is 9.55 Å². The zero-order valence-corrected chi connectivity index (χ0v) is 11.4. The number of fused-ring (bicyclic) bond motifs is 1. The molecule has 0 radical (unpaired) electrons. The number of aromatic nitrogens is 2. The molecule has 1 heterocycles. The first-order valence-electron chi connectivity index (χ1n) is 6.56. The molecule has 1 fully saturated rings. The molecule has 1 aliphatic rings. The molecule has 3 rings (SSSR count). The summed E-state index contributed by atoms with van der Waals surface area (Å²) in [5.74, 6) is -0.340. The van der Waals surface area contributed by atoms with Gasteiger partial charge in [0.15, 0.2) is 11.6 Å². The Hall–Kier alpha value is -1.16. The van der Waals surface area contributed by atoms with E-state index in [9.17, 15) is 8.78 Å². The average Bonchev–Trinajstić information content (AvgIpc) is 3.11. The van der Waals surface area contributed by atoms with Crippen LogP contribution >= 0.6 is 11.6 Å². The number of hydrogen-bond donors (Lipinski definition) is 0. The lowest BCUT2D eigenvalue weighted by atomic mass is 10.2. The molecule has 0 N–H and O–H groups in total. The number of hydrogen-bond acceptors (Lipinski definition) is 1. The number of benzene rings is 1. The molecule has 2 nitrogen and oxygen atoms in total. The maximum atomic E-state index is 14.0. The van der Waals surface area contributed by atoms with Crippen molar-refractivity contribution in [3.8, 4) is 0 Å². The number of alkyl halides is 1. The molecule has 1 aliphatic carbocycles. The molecular weight excluding hydrogens is 270 g/mol. The maximum Gasteiger partial charge on any atom is 0.184 e. The smallest absolute Gasteiger partial charge is 0.184 e. The molecule has 1 saturated carbocycles. The minimum absolute atomic E-state index is 0.239. The van der Waals surface area contributed by atoms with Crippen LogP contribution in [0.1, 0.15) is 37.4 Å². The van der Waals surface area contributed by atoms with Gasteiger partial charge in [-0.1, -0.05) is 12.8 Å². The first kappa shape index (κ1) is 12.9. The monoisotopic (exact) mass is 284 g/mol. The molecule has 19 heavy (non-hydrogen) atoms. The molecule has 0 bridgehead atoms. The number of rotatable bonds is 4. The summed E-state index contributed by atoms with van der Waals surface area (Å²) >= 11 is 6.10. The van der Waals surface area contributed by atoms with Crippen molar-refractivity contribution in [2.75, 3.05) is 0 Å². The third-order valence-electron chi connectivity index (χ3n) is 3.64. The van der Waals surface area contributed by atoms with Crippen LogP contribution in [-0.2, 0) is 6.54 Å². The van der Waals surface area contributed by atoms with Crippen LogP contribution in [0.4, 0.5) is 8.78 Å². The largest absolute Gasteiger partial charge is 0.324 e. The average molecular weight is 285 g/mol. The predicted molar refractivity (Wildman–Crippen MR) is 71.3 cm³/mol. The Labute approximate surface area is 115 Å². The SMILES string of the molecule is CC(Cl)c1nc2ccc(F)c(F)c2n1CCC1CC1. The minimum atomic E-state index is -0.839. The van der Waals surface area contributed by atoms with Gasteiger partial charge in [-0.15, -0.1) is 11.6 Å². The molecular formula is C14H15ClF2N2. The second-order valence-corrected chi connectivity index (χ2v) is 5.85. The van der Waals surface area contributed by atoms with Crippen molar-refractivity contribution < 1.29 is 8.78 Å². The Bertz CT molecular complexity index is 617. The van der Waals surface area contributed by atoms with Crippen LogP contribution in [0.3, 0.4) is 0 Å². The fourth-order valence-electron chi connectivity index (χ4n) is 2.42. The summed E-state index contributed by atoms with van der Waals surface area (Å²) in [6.45, 7) is 2.44. The van der Waals surface area contributed by atoms with Crippen LogP contribution in [-0.4, -0.2) is 9.55 Å². The maximum absolute atomic E-state index is 14.0.